The molecule has 2 saturated heterocycles. The number of nitrogens with zero attached hydrogens (tertiary/aromatic N) is 4. The van der Waals surface area contributed by atoms with Crippen LogP contribution in [-0.2, 0) is 11.3 Å². The van der Waals surface area contributed by atoms with E-state index in [4.69, 9.17) is 0 Å². The highest BCUT2D eigenvalue weighted by molar-refractivity contribution is 5.98. The lowest BCUT2D eigenvalue weighted by Gasteiger charge is -2.28. The second-order valence-electron chi connectivity index (χ2n) is 11.0. The summed E-state index contributed by atoms with van der Waals surface area (Å²) in [6.07, 6.45) is 4.91. The number of carbonyl (C=O) groups is 2. The number of aliphatic carboxylic acids is 1. The van der Waals surface area contributed by atoms with Gasteiger partial charge in [0, 0.05) is 43.0 Å². The second kappa shape index (κ2) is 11.6. The van der Waals surface area contributed by atoms with Gasteiger partial charge < -0.3 is 20.6 Å². The van der Waals surface area contributed by atoms with E-state index in [1.807, 2.05) is 6.07 Å². The summed E-state index contributed by atoms with van der Waals surface area (Å²) in [7, 11) is 0. The SMILES string of the molecule is O=C(O)Cn1c2cc(C(=O)NCCCN3CCC(F)CC3)ccc2n2cc(-c3ccc([C@@H]4CCCN4)cc3F)nc12. The molecule has 216 valence electrons. The monoisotopic (exact) mass is 564 g/mol. The number of amides is 1. The molecular weight excluding hydrogens is 530 g/mol. The fourth-order valence-electron chi connectivity index (χ4n) is 6.01. The van der Waals surface area contributed by atoms with Gasteiger partial charge in [0.15, 0.2) is 0 Å². The topological polar surface area (TPSA) is 104 Å². The predicted octanol–water partition coefficient (Wildman–Crippen LogP) is 4.16. The van der Waals surface area contributed by atoms with Crippen molar-refractivity contribution in [2.24, 2.45) is 0 Å². The minimum absolute atomic E-state index is 0.148. The molecular formula is C30H34F2N6O3. The van der Waals surface area contributed by atoms with Crippen LogP contribution in [0.2, 0.25) is 0 Å². The van der Waals surface area contributed by atoms with E-state index in [0.717, 1.165) is 51.0 Å². The highest BCUT2D eigenvalue weighted by Gasteiger charge is 2.22. The molecule has 1 amide bonds. The Kier molecular flexibility index (Phi) is 7.72. The summed E-state index contributed by atoms with van der Waals surface area (Å²) < 4.78 is 31.8. The van der Waals surface area contributed by atoms with Gasteiger partial charge in [-0.2, -0.15) is 0 Å². The number of aromatic nitrogens is 3. The molecule has 4 aromatic rings. The van der Waals surface area contributed by atoms with Crippen molar-refractivity contribution >= 4 is 28.7 Å². The summed E-state index contributed by atoms with van der Waals surface area (Å²) in [5.74, 6) is -1.33. The van der Waals surface area contributed by atoms with Crippen LogP contribution in [0.4, 0.5) is 8.78 Å². The van der Waals surface area contributed by atoms with Crippen molar-refractivity contribution in [2.45, 2.75) is 50.9 Å². The Balaban J connectivity index is 1.22. The lowest BCUT2D eigenvalue weighted by atomic mass is 10.0. The summed E-state index contributed by atoms with van der Waals surface area (Å²) in [5, 5.41) is 15.9. The first-order chi connectivity index (χ1) is 19.9. The van der Waals surface area contributed by atoms with E-state index in [-0.39, 0.29) is 24.3 Å². The molecule has 0 radical (unpaired) electrons. The molecule has 0 aliphatic carbocycles. The molecule has 9 nitrogen and oxygen atoms in total. The molecule has 2 aromatic heterocycles. The number of nitrogens with one attached hydrogen (secondary N) is 2. The van der Waals surface area contributed by atoms with E-state index in [2.05, 4.69) is 20.5 Å². The number of alkyl halides is 1. The van der Waals surface area contributed by atoms with Crippen LogP contribution < -0.4 is 10.6 Å². The van der Waals surface area contributed by atoms with Crippen LogP contribution in [-0.4, -0.2) is 74.7 Å². The minimum atomic E-state index is -1.06. The van der Waals surface area contributed by atoms with Gasteiger partial charge in [0.1, 0.15) is 18.5 Å². The van der Waals surface area contributed by atoms with Crippen molar-refractivity contribution in [1.29, 1.82) is 0 Å². The normalized spacial score (nSPS) is 18.4. The lowest BCUT2D eigenvalue weighted by molar-refractivity contribution is -0.137. The number of hydrogen-bond acceptors (Lipinski definition) is 5. The van der Waals surface area contributed by atoms with Crippen LogP contribution in [0.25, 0.3) is 28.1 Å². The maximum atomic E-state index is 15.2. The number of hydrogen-bond donors (Lipinski definition) is 3. The molecule has 0 unspecified atom stereocenters. The third-order valence-electron chi connectivity index (χ3n) is 8.20. The first kappa shape index (κ1) is 27.3. The third-order valence-corrected chi connectivity index (χ3v) is 8.20. The Labute approximate surface area is 236 Å². The number of carbonyl (C=O) groups excluding carboxylic acids is 1. The molecule has 2 aliphatic heterocycles. The highest BCUT2D eigenvalue weighted by Crippen LogP contribution is 2.31. The zero-order valence-corrected chi connectivity index (χ0v) is 22.8. The van der Waals surface area contributed by atoms with Crippen molar-refractivity contribution in [3.8, 4) is 11.3 Å². The largest absolute Gasteiger partial charge is 0.480 e. The van der Waals surface area contributed by atoms with Gasteiger partial charge in [-0.05, 0) is 81.1 Å². The molecule has 0 spiro atoms. The van der Waals surface area contributed by atoms with Crippen molar-refractivity contribution < 1.29 is 23.5 Å². The number of likely N-dealkylation sites (tertiary alicyclic amines) is 1. The van der Waals surface area contributed by atoms with Gasteiger partial charge >= 0.3 is 5.97 Å². The van der Waals surface area contributed by atoms with Gasteiger partial charge in [-0.15, -0.1) is 0 Å². The van der Waals surface area contributed by atoms with Crippen molar-refractivity contribution in [3.05, 3.63) is 59.5 Å². The number of fused-ring (bicyclic) bond motifs is 3. The second-order valence-corrected chi connectivity index (χ2v) is 11.0. The number of halogens is 2. The Morgan fingerprint density at radius 2 is 1.93 bits per heavy atom. The standard InChI is InChI=1S/C30H34F2N6O3/c31-21-8-13-36(14-9-21)12-2-11-34-29(41)20-5-7-26-27(16-20)38(18-28(39)40)30-35-25(17-37(26)30)22-6-4-19(15-23(22)32)24-3-1-10-33-24/h4-7,15-17,21,24,33H,1-3,8-14,18H2,(H,34,41)(H,39,40)/t24-/m0/s1. The third kappa shape index (κ3) is 5.69. The van der Waals surface area contributed by atoms with Crippen LogP contribution in [0.5, 0.6) is 0 Å². The Bertz CT molecular complexity index is 1580. The number of imidazole rings is 2. The quantitative estimate of drug-likeness (QED) is 0.264. The Morgan fingerprint density at radius 3 is 2.66 bits per heavy atom. The lowest BCUT2D eigenvalue weighted by Crippen LogP contribution is -2.36. The fourth-order valence-corrected chi connectivity index (χ4v) is 6.01. The van der Waals surface area contributed by atoms with E-state index >= 15 is 4.39 Å². The molecule has 2 aliphatic rings. The number of carboxylic acid groups (broad SMARTS) is 1. The average Bonchev–Trinajstić information content (AvgIpc) is 3.70. The van der Waals surface area contributed by atoms with E-state index in [0.29, 0.717) is 53.0 Å². The van der Waals surface area contributed by atoms with Gasteiger partial charge in [0.2, 0.25) is 5.78 Å². The summed E-state index contributed by atoms with van der Waals surface area (Å²) in [6.45, 7) is 3.33. The molecule has 0 saturated carbocycles. The van der Waals surface area contributed by atoms with Crippen molar-refractivity contribution in [1.82, 2.24) is 29.5 Å². The minimum Gasteiger partial charge on any atom is -0.480 e. The van der Waals surface area contributed by atoms with Gasteiger partial charge in [0.05, 0.1) is 16.7 Å². The zero-order valence-electron chi connectivity index (χ0n) is 22.8. The van der Waals surface area contributed by atoms with Gasteiger partial charge in [0.25, 0.3) is 5.91 Å². The number of rotatable bonds is 9. The van der Waals surface area contributed by atoms with Gasteiger partial charge in [-0.25, -0.2) is 13.8 Å². The summed E-state index contributed by atoms with van der Waals surface area (Å²) in [6, 6.07) is 10.4. The molecule has 3 N–H and O–H groups in total. The number of carboxylic acids is 1. The molecule has 2 fully saturated rings. The molecule has 41 heavy (non-hydrogen) atoms. The summed E-state index contributed by atoms with van der Waals surface area (Å²) in [5.41, 5.74) is 3.27. The number of benzene rings is 2. The molecule has 1 atom stereocenters. The molecule has 6 rings (SSSR count). The van der Waals surface area contributed by atoms with Crippen molar-refractivity contribution in [2.75, 3.05) is 32.7 Å². The van der Waals surface area contributed by atoms with Gasteiger partial charge in [-0.3, -0.25) is 18.6 Å². The van der Waals surface area contributed by atoms with Gasteiger partial charge in [-0.1, -0.05) is 6.07 Å². The first-order valence-electron chi connectivity index (χ1n) is 14.3. The van der Waals surface area contributed by atoms with E-state index < -0.39 is 12.1 Å². The number of piperidine rings is 1. The van der Waals surface area contributed by atoms with Crippen LogP contribution >= 0.6 is 0 Å². The average molecular weight is 565 g/mol. The van der Waals surface area contributed by atoms with E-state index in [1.165, 1.54) is 4.57 Å². The van der Waals surface area contributed by atoms with Crippen LogP contribution in [0.3, 0.4) is 0 Å². The Hall–Kier alpha value is -3.83. The first-order valence-corrected chi connectivity index (χ1v) is 14.3. The predicted molar refractivity (Wildman–Crippen MR) is 151 cm³/mol. The van der Waals surface area contributed by atoms with E-state index in [1.54, 1.807) is 40.9 Å². The van der Waals surface area contributed by atoms with E-state index in [9.17, 15) is 19.1 Å². The summed E-state index contributed by atoms with van der Waals surface area (Å²) >= 11 is 0. The fraction of sp³-hybridized carbons (Fsp3) is 0.433. The highest BCUT2D eigenvalue weighted by atomic mass is 19.1. The molecule has 11 heteroatoms. The zero-order chi connectivity index (χ0) is 28.5. The smallest absolute Gasteiger partial charge is 0.323 e. The summed E-state index contributed by atoms with van der Waals surface area (Å²) in [4.78, 5) is 31.5. The van der Waals surface area contributed by atoms with Crippen LogP contribution in [0.1, 0.15) is 54.1 Å². The van der Waals surface area contributed by atoms with Crippen LogP contribution in [0.15, 0.2) is 42.6 Å². The maximum absolute atomic E-state index is 15.2. The molecule has 2 aromatic carbocycles. The van der Waals surface area contributed by atoms with Crippen molar-refractivity contribution in [3.63, 3.8) is 0 Å². The Morgan fingerprint density at radius 1 is 1.10 bits per heavy atom. The van der Waals surface area contributed by atoms with Crippen LogP contribution in [0, 0.1) is 5.82 Å². The maximum Gasteiger partial charge on any atom is 0.323 e. The molecule has 4 heterocycles. The molecule has 0 bridgehead atoms.